The molecule has 0 radical (unpaired) electrons. The number of aromatic nitrogens is 1. The molecule has 0 bridgehead atoms. The Morgan fingerprint density at radius 1 is 1.06 bits per heavy atom. The number of nitrogens with zero attached hydrogens (tertiary/aromatic N) is 2. The van der Waals surface area contributed by atoms with Gasteiger partial charge < -0.3 is 15.0 Å². The van der Waals surface area contributed by atoms with E-state index in [4.69, 9.17) is 4.74 Å². The van der Waals surface area contributed by atoms with Gasteiger partial charge in [-0.25, -0.2) is 0 Å². The lowest BCUT2D eigenvalue weighted by molar-refractivity contribution is -0.125. The Labute approximate surface area is 211 Å². The molecular formula is C28H31N3O3S. The first-order valence-corrected chi connectivity index (χ1v) is 12.7. The summed E-state index contributed by atoms with van der Waals surface area (Å²) in [4.78, 5) is 33.0. The van der Waals surface area contributed by atoms with Gasteiger partial charge in [0, 0.05) is 17.5 Å². The van der Waals surface area contributed by atoms with Gasteiger partial charge in [-0.2, -0.15) is 0 Å². The number of pyridine rings is 1. The number of carbonyl (C=O) groups excluding carboxylic acids is 2. The van der Waals surface area contributed by atoms with Crippen LogP contribution in [0, 0.1) is 0 Å². The number of carbonyl (C=O) groups is 2. The van der Waals surface area contributed by atoms with Gasteiger partial charge in [0.1, 0.15) is 17.2 Å². The minimum Gasteiger partial charge on any atom is -0.497 e. The molecule has 1 N–H and O–H groups in total. The Morgan fingerprint density at radius 2 is 1.77 bits per heavy atom. The van der Waals surface area contributed by atoms with E-state index in [2.05, 4.69) is 55.3 Å². The van der Waals surface area contributed by atoms with Crippen molar-refractivity contribution in [2.75, 3.05) is 12.9 Å². The van der Waals surface area contributed by atoms with Gasteiger partial charge in [-0.15, -0.1) is 11.8 Å². The fraction of sp³-hybridized carbons (Fsp3) is 0.321. The largest absolute Gasteiger partial charge is 0.497 e. The van der Waals surface area contributed by atoms with Gasteiger partial charge in [-0.3, -0.25) is 14.6 Å². The highest BCUT2D eigenvalue weighted by molar-refractivity contribution is 7.99. The molecule has 1 aliphatic heterocycles. The normalized spacial score (nSPS) is 17.8. The Hall–Kier alpha value is -3.32. The van der Waals surface area contributed by atoms with Crippen LogP contribution in [0.3, 0.4) is 0 Å². The van der Waals surface area contributed by atoms with Crippen molar-refractivity contribution in [2.24, 2.45) is 0 Å². The summed E-state index contributed by atoms with van der Waals surface area (Å²) in [6.45, 7) is 6.84. The standard InChI is InChI=1S/C28H31N3O3S/c1-28(2,3)21-12-8-20(9-13-21)27-31(26(33)19-10-14-23(34-4)15-11-19)24(18-35-27)25(32)30-17-22-7-5-6-16-29-22/h5-16,24,27H,17-18H2,1-4H3,(H,30,32). The van der Waals surface area contributed by atoms with Gasteiger partial charge in [0.25, 0.3) is 5.91 Å². The number of rotatable bonds is 6. The predicted molar refractivity (Wildman–Crippen MR) is 139 cm³/mol. The molecule has 1 aromatic heterocycles. The third-order valence-corrected chi connectivity index (χ3v) is 7.43. The molecule has 0 spiro atoms. The lowest BCUT2D eigenvalue weighted by atomic mass is 9.86. The molecule has 0 saturated carbocycles. The van der Waals surface area contributed by atoms with Crippen molar-refractivity contribution in [1.82, 2.24) is 15.2 Å². The molecule has 6 nitrogen and oxygen atoms in total. The summed E-state index contributed by atoms with van der Waals surface area (Å²) in [7, 11) is 1.59. The van der Waals surface area contributed by atoms with Crippen LogP contribution in [-0.4, -0.2) is 40.6 Å². The van der Waals surface area contributed by atoms with Gasteiger partial charge in [0.05, 0.1) is 19.3 Å². The summed E-state index contributed by atoms with van der Waals surface area (Å²) >= 11 is 1.61. The van der Waals surface area contributed by atoms with E-state index in [0.29, 0.717) is 23.6 Å². The van der Waals surface area contributed by atoms with E-state index in [1.807, 2.05) is 18.2 Å². The Kier molecular flexibility index (Phi) is 7.45. The minimum absolute atomic E-state index is 0.0356. The number of benzene rings is 2. The highest BCUT2D eigenvalue weighted by Gasteiger charge is 2.42. The minimum atomic E-state index is -0.592. The van der Waals surface area contributed by atoms with E-state index < -0.39 is 6.04 Å². The molecule has 4 rings (SSSR count). The first-order chi connectivity index (χ1) is 16.8. The van der Waals surface area contributed by atoms with Crippen LogP contribution in [0.4, 0.5) is 0 Å². The van der Waals surface area contributed by atoms with Crippen LogP contribution in [0.15, 0.2) is 72.9 Å². The first kappa shape index (κ1) is 24.8. The van der Waals surface area contributed by atoms with Gasteiger partial charge in [0.2, 0.25) is 5.91 Å². The van der Waals surface area contributed by atoms with Crippen LogP contribution in [0.25, 0.3) is 0 Å². The third-order valence-electron chi connectivity index (χ3n) is 6.11. The van der Waals surface area contributed by atoms with Crippen LogP contribution >= 0.6 is 11.8 Å². The topological polar surface area (TPSA) is 71.5 Å². The van der Waals surface area contributed by atoms with Crippen molar-refractivity contribution in [3.8, 4) is 5.75 Å². The lowest BCUT2D eigenvalue weighted by Gasteiger charge is -2.29. The molecule has 1 fully saturated rings. The maximum Gasteiger partial charge on any atom is 0.255 e. The number of amides is 2. The summed E-state index contributed by atoms with van der Waals surface area (Å²) in [6, 6.07) is 20.4. The summed E-state index contributed by atoms with van der Waals surface area (Å²) in [6.07, 6.45) is 1.70. The maximum atomic E-state index is 13.7. The van der Waals surface area contributed by atoms with Crippen molar-refractivity contribution in [3.63, 3.8) is 0 Å². The van der Waals surface area contributed by atoms with Crippen molar-refractivity contribution in [2.45, 2.75) is 44.1 Å². The lowest BCUT2D eigenvalue weighted by Crippen LogP contribution is -2.47. The average molecular weight is 490 g/mol. The molecule has 2 atom stereocenters. The van der Waals surface area contributed by atoms with Crippen LogP contribution in [0.2, 0.25) is 0 Å². The molecule has 35 heavy (non-hydrogen) atoms. The highest BCUT2D eigenvalue weighted by Crippen LogP contribution is 2.43. The number of thioether (sulfide) groups is 1. The molecule has 2 unspecified atom stereocenters. The fourth-order valence-corrected chi connectivity index (χ4v) is 5.47. The van der Waals surface area contributed by atoms with Crippen molar-refractivity contribution >= 4 is 23.6 Å². The van der Waals surface area contributed by atoms with Crippen molar-refractivity contribution in [1.29, 1.82) is 0 Å². The average Bonchev–Trinajstić information content (AvgIpc) is 3.32. The van der Waals surface area contributed by atoms with Crippen molar-refractivity contribution in [3.05, 3.63) is 95.3 Å². The molecule has 2 heterocycles. The van der Waals surface area contributed by atoms with E-state index in [-0.39, 0.29) is 22.6 Å². The smallest absolute Gasteiger partial charge is 0.255 e. The Balaban J connectivity index is 1.61. The molecule has 182 valence electrons. The van der Waals surface area contributed by atoms with E-state index in [0.717, 1.165) is 11.3 Å². The summed E-state index contributed by atoms with van der Waals surface area (Å²) in [5.41, 5.74) is 3.56. The fourth-order valence-electron chi connectivity index (χ4n) is 4.04. The molecular weight excluding hydrogens is 458 g/mol. The summed E-state index contributed by atoms with van der Waals surface area (Å²) in [5.74, 6) is 0.831. The van der Waals surface area contributed by atoms with Gasteiger partial charge in [-0.1, -0.05) is 51.1 Å². The van der Waals surface area contributed by atoms with Gasteiger partial charge >= 0.3 is 0 Å². The molecule has 1 aliphatic rings. The Morgan fingerprint density at radius 3 is 2.37 bits per heavy atom. The number of nitrogens with one attached hydrogen (secondary N) is 1. The number of ether oxygens (including phenoxy) is 1. The molecule has 2 aromatic carbocycles. The number of methoxy groups -OCH3 is 1. The molecule has 0 aliphatic carbocycles. The second-order valence-corrected chi connectivity index (χ2v) is 10.7. The maximum absolute atomic E-state index is 13.7. The van der Waals surface area contributed by atoms with Gasteiger partial charge in [0.15, 0.2) is 0 Å². The van der Waals surface area contributed by atoms with Crippen LogP contribution in [-0.2, 0) is 16.8 Å². The van der Waals surface area contributed by atoms with Crippen LogP contribution < -0.4 is 10.1 Å². The number of hydrogen-bond acceptors (Lipinski definition) is 5. The van der Waals surface area contributed by atoms with Gasteiger partial charge in [-0.05, 0) is 52.9 Å². The van der Waals surface area contributed by atoms with E-state index >= 15 is 0 Å². The van der Waals surface area contributed by atoms with E-state index in [1.54, 1.807) is 54.2 Å². The van der Waals surface area contributed by atoms with Crippen molar-refractivity contribution < 1.29 is 14.3 Å². The molecule has 3 aromatic rings. The zero-order valence-corrected chi connectivity index (χ0v) is 21.3. The van der Waals surface area contributed by atoms with E-state index in [1.165, 1.54) is 5.56 Å². The summed E-state index contributed by atoms with van der Waals surface area (Å²) < 4.78 is 5.24. The SMILES string of the molecule is COc1ccc(C(=O)N2C(C(=O)NCc3ccccn3)CSC2c2ccc(C(C)(C)C)cc2)cc1. The number of hydrogen-bond donors (Lipinski definition) is 1. The highest BCUT2D eigenvalue weighted by atomic mass is 32.2. The molecule has 7 heteroatoms. The molecule has 2 amide bonds. The second-order valence-electron chi connectivity index (χ2n) is 9.55. The summed E-state index contributed by atoms with van der Waals surface area (Å²) in [5, 5.41) is 2.71. The first-order valence-electron chi connectivity index (χ1n) is 11.6. The monoisotopic (exact) mass is 489 g/mol. The zero-order valence-electron chi connectivity index (χ0n) is 20.5. The second kappa shape index (κ2) is 10.5. The quantitative estimate of drug-likeness (QED) is 0.530. The van der Waals surface area contributed by atoms with E-state index in [9.17, 15) is 9.59 Å². The third kappa shape index (κ3) is 5.68. The molecule has 1 saturated heterocycles. The van der Waals surface area contributed by atoms with Crippen LogP contribution in [0.1, 0.15) is 53.3 Å². The van der Waals surface area contributed by atoms with Crippen LogP contribution in [0.5, 0.6) is 5.75 Å². The Bertz CT molecular complexity index is 1160. The predicted octanol–water partition coefficient (Wildman–Crippen LogP) is 4.96. The zero-order chi connectivity index (χ0) is 25.0.